The van der Waals surface area contributed by atoms with Gasteiger partial charge in [-0.1, -0.05) is 17.7 Å². The fourth-order valence-electron chi connectivity index (χ4n) is 2.05. The Morgan fingerprint density at radius 3 is 3.00 bits per heavy atom. The zero-order valence-electron chi connectivity index (χ0n) is 11.0. The van der Waals surface area contributed by atoms with E-state index in [0.29, 0.717) is 24.2 Å². The average molecular weight is 289 g/mol. The molecule has 0 amide bonds. The third-order valence-corrected chi connectivity index (χ3v) is 3.10. The predicted molar refractivity (Wildman–Crippen MR) is 77.0 cm³/mol. The minimum Gasteiger partial charge on any atom is -0.477 e. The molecule has 0 saturated heterocycles. The van der Waals surface area contributed by atoms with Crippen LogP contribution in [0.25, 0.3) is 10.9 Å². The molecule has 3 rings (SSSR count). The van der Waals surface area contributed by atoms with E-state index in [0.717, 1.165) is 16.5 Å². The Labute approximate surface area is 121 Å². The normalized spacial score (nSPS) is 10.9. The molecule has 0 aliphatic carbocycles. The van der Waals surface area contributed by atoms with Gasteiger partial charge < -0.3 is 4.74 Å². The van der Waals surface area contributed by atoms with Gasteiger partial charge in [0, 0.05) is 18.5 Å². The smallest absolute Gasteiger partial charge is 0.226 e. The number of ether oxygens (including phenoxy) is 1. The molecular weight excluding hydrogens is 276 g/mol. The van der Waals surface area contributed by atoms with Crippen molar-refractivity contribution >= 4 is 22.5 Å². The van der Waals surface area contributed by atoms with Gasteiger partial charge in [0.2, 0.25) is 5.88 Å². The van der Waals surface area contributed by atoms with E-state index in [-0.39, 0.29) is 0 Å². The molecule has 3 heterocycles. The summed E-state index contributed by atoms with van der Waals surface area (Å²) in [6, 6.07) is 5.71. The van der Waals surface area contributed by atoms with E-state index in [9.17, 15) is 0 Å². The highest BCUT2D eigenvalue weighted by molar-refractivity contribution is 6.30. The van der Waals surface area contributed by atoms with Crippen molar-refractivity contribution in [2.75, 3.05) is 6.61 Å². The van der Waals surface area contributed by atoms with E-state index in [4.69, 9.17) is 16.3 Å². The lowest BCUT2D eigenvalue weighted by Gasteiger charge is -2.06. The molecule has 6 heteroatoms. The second kappa shape index (κ2) is 5.46. The second-order valence-electron chi connectivity index (χ2n) is 4.28. The van der Waals surface area contributed by atoms with Crippen molar-refractivity contribution < 1.29 is 4.74 Å². The molecule has 0 aliphatic rings. The van der Waals surface area contributed by atoms with Crippen molar-refractivity contribution in [1.82, 2.24) is 19.7 Å². The first-order chi connectivity index (χ1) is 9.78. The lowest BCUT2D eigenvalue weighted by atomic mass is 10.3. The molecule has 0 aromatic carbocycles. The van der Waals surface area contributed by atoms with E-state index >= 15 is 0 Å². The highest BCUT2D eigenvalue weighted by Crippen LogP contribution is 2.26. The topological polar surface area (TPSA) is 52.8 Å². The Kier molecular flexibility index (Phi) is 3.52. The molecule has 0 N–H and O–H groups in total. The Morgan fingerprint density at radius 1 is 1.35 bits per heavy atom. The fraction of sp³-hybridized carbons (Fsp3) is 0.214. The standard InChI is InChI=1S/C14H13ClN4O/c1-2-20-14-11-8-17-19(12(11)6-13(15)18-14)9-10-4-3-5-16-7-10/h3-8H,2,9H2,1H3. The fourth-order valence-corrected chi connectivity index (χ4v) is 2.23. The maximum absolute atomic E-state index is 6.05. The first kappa shape index (κ1) is 12.9. The van der Waals surface area contributed by atoms with Crippen molar-refractivity contribution in [3.8, 4) is 5.88 Å². The minimum absolute atomic E-state index is 0.397. The molecule has 5 nitrogen and oxygen atoms in total. The monoisotopic (exact) mass is 288 g/mol. The van der Waals surface area contributed by atoms with Crippen LogP contribution in [0.2, 0.25) is 5.15 Å². The molecule has 0 atom stereocenters. The van der Waals surface area contributed by atoms with E-state index in [1.54, 1.807) is 18.5 Å². The lowest BCUT2D eigenvalue weighted by Crippen LogP contribution is -2.02. The van der Waals surface area contributed by atoms with Crippen molar-refractivity contribution in [2.45, 2.75) is 13.5 Å². The molecule has 0 unspecified atom stereocenters. The SMILES string of the molecule is CCOc1nc(Cl)cc2c1cnn2Cc1cccnc1. The summed E-state index contributed by atoms with van der Waals surface area (Å²) in [5.74, 6) is 0.521. The van der Waals surface area contributed by atoms with Crippen LogP contribution in [0.15, 0.2) is 36.8 Å². The van der Waals surface area contributed by atoms with Gasteiger partial charge in [-0.25, -0.2) is 4.98 Å². The summed E-state index contributed by atoms with van der Waals surface area (Å²) in [4.78, 5) is 8.29. The van der Waals surface area contributed by atoms with Crippen LogP contribution in [0.4, 0.5) is 0 Å². The zero-order chi connectivity index (χ0) is 13.9. The molecule has 0 spiro atoms. The van der Waals surface area contributed by atoms with Gasteiger partial charge in [-0.05, 0) is 18.6 Å². The van der Waals surface area contributed by atoms with Crippen LogP contribution in [-0.4, -0.2) is 26.4 Å². The molecule has 20 heavy (non-hydrogen) atoms. The highest BCUT2D eigenvalue weighted by Gasteiger charge is 2.11. The molecule has 3 aromatic heterocycles. The Balaban J connectivity index is 2.04. The van der Waals surface area contributed by atoms with Gasteiger partial charge in [0.1, 0.15) is 5.15 Å². The number of rotatable bonds is 4. The number of pyridine rings is 2. The van der Waals surface area contributed by atoms with Crippen LogP contribution < -0.4 is 4.74 Å². The lowest BCUT2D eigenvalue weighted by molar-refractivity contribution is 0.331. The van der Waals surface area contributed by atoms with Crippen molar-refractivity contribution in [3.05, 3.63) is 47.5 Å². The molecule has 3 aromatic rings. The minimum atomic E-state index is 0.397. The number of fused-ring (bicyclic) bond motifs is 1. The third-order valence-electron chi connectivity index (χ3n) is 2.91. The van der Waals surface area contributed by atoms with Crippen molar-refractivity contribution in [3.63, 3.8) is 0 Å². The summed E-state index contributed by atoms with van der Waals surface area (Å²) in [6.07, 6.45) is 5.32. The molecule has 0 fully saturated rings. The molecular formula is C14H13ClN4O. The summed E-state index contributed by atoms with van der Waals surface area (Å²) in [6.45, 7) is 3.08. The van der Waals surface area contributed by atoms with Crippen LogP contribution in [0.5, 0.6) is 5.88 Å². The molecule has 0 bridgehead atoms. The van der Waals surface area contributed by atoms with Crippen LogP contribution in [0.3, 0.4) is 0 Å². The van der Waals surface area contributed by atoms with Gasteiger partial charge in [0.05, 0.1) is 30.3 Å². The Morgan fingerprint density at radius 2 is 2.25 bits per heavy atom. The summed E-state index contributed by atoms with van der Waals surface area (Å²) in [5.41, 5.74) is 1.97. The second-order valence-corrected chi connectivity index (χ2v) is 4.67. The van der Waals surface area contributed by atoms with Gasteiger partial charge in [-0.2, -0.15) is 5.10 Å². The third kappa shape index (κ3) is 2.44. The molecule has 0 saturated carbocycles. The largest absolute Gasteiger partial charge is 0.477 e. The Hall–Kier alpha value is -2.14. The van der Waals surface area contributed by atoms with Gasteiger partial charge in [0.25, 0.3) is 0 Å². The van der Waals surface area contributed by atoms with Gasteiger partial charge in [-0.3, -0.25) is 9.67 Å². The number of halogens is 1. The average Bonchev–Trinajstić information content (AvgIpc) is 2.83. The van der Waals surface area contributed by atoms with Crippen LogP contribution in [-0.2, 0) is 6.54 Å². The highest BCUT2D eigenvalue weighted by atomic mass is 35.5. The van der Waals surface area contributed by atoms with Crippen molar-refractivity contribution in [2.24, 2.45) is 0 Å². The van der Waals surface area contributed by atoms with Crippen LogP contribution >= 0.6 is 11.6 Å². The summed E-state index contributed by atoms with van der Waals surface area (Å²) in [5, 5.41) is 5.64. The van der Waals surface area contributed by atoms with Gasteiger partial charge in [-0.15, -0.1) is 0 Å². The van der Waals surface area contributed by atoms with E-state index in [1.807, 2.05) is 29.9 Å². The van der Waals surface area contributed by atoms with Crippen LogP contribution in [0, 0.1) is 0 Å². The first-order valence-electron chi connectivity index (χ1n) is 6.31. The molecule has 102 valence electrons. The first-order valence-corrected chi connectivity index (χ1v) is 6.69. The van der Waals surface area contributed by atoms with E-state index in [2.05, 4.69) is 15.1 Å². The van der Waals surface area contributed by atoms with Crippen molar-refractivity contribution in [1.29, 1.82) is 0 Å². The van der Waals surface area contributed by atoms with Gasteiger partial charge >= 0.3 is 0 Å². The number of aromatic nitrogens is 4. The molecule has 0 aliphatic heterocycles. The zero-order valence-corrected chi connectivity index (χ0v) is 11.7. The van der Waals surface area contributed by atoms with E-state index in [1.165, 1.54) is 0 Å². The maximum Gasteiger partial charge on any atom is 0.226 e. The number of hydrogen-bond acceptors (Lipinski definition) is 4. The maximum atomic E-state index is 6.05. The quantitative estimate of drug-likeness (QED) is 0.693. The predicted octanol–water partition coefficient (Wildman–Crippen LogP) is 2.93. The number of hydrogen-bond donors (Lipinski definition) is 0. The van der Waals surface area contributed by atoms with Gasteiger partial charge in [0.15, 0.2) is 0 Å². The summed E-state index contributed by atoms with van der Waals surface area (Å²) < 4.78 is 7.37. The van der Waals surface area contributed by atoms with E-state index < -0.39 is 0 Å². The van der Waals surface area contributed by atoms with Crippen LogP contribution in [0.1, 0.15) is 12.5 Å². The molecule has 0 radical (unpaired) electrons. The Bertz CT molecular complexity index is 727. The summed E-state index contributed by atoms with van der Waals surface area (Å²) in [7, 11) is 0. The number of nitrogens with zero attached hydrogens (tertiary/aromatic N) is 4. The summed E-state index contributed by atoms with van der Waals surface area (Å²) >= 11 is 6.05.